The average Bonchev–Trinajstić information content (AvgIpc) is 2.45. The summed E-state index contributed by atoms with van der Waals surface area (Å²) < 4.78 is 0. The molecule has 2 rings (SSSR count). The summed E-state index contributed by atoms with van der Waals surface area (Å²) >= 11 is 3.50. The molecule has 0 spiro atoms. The lowest BCUT2D eigenvalue weighted by Crippen LogP contribution is -1.61. The smallest absolute Gasteiger partial charge is 0.0321 e. The van der Waals surface area contributed by atoms with E-state index in [0.717, 1.165) is 14.8 Å². The molecule has 0 bridgehead atoms. The topological polar surface area (TPSA) is 0 Å². The van der Waals surface area contributed by atoms with Gasteiger partial charge in [0.05, 0.1) is 0 Å². The summed E-state index contributed by atoms with van der Waals surface area (Å²) in [6, 6.07) is 20.7. The van der Waals surface area contributed by atoms with Crippen LogP contribution in [-0.2, 0) is 0 Å². The molecule has 0 unspecified atom stereocenters. The first kappa shape index (κ1) is 13.7. The van der Waals surface area contributed by atoms with Crippen molar-refractivity contribution in [3.63, 3.8) is 0 Å². The van der Waals surface area contributed by atoms with Gasteiger partial charge >= 0.3 is 0 Å². The molecule has 0 N–H and O–H groups in total. The third-order valence-corrected chi connectivity index (χ3v) is 6.02. The van der Waals surface area contributed by atoms with Crippen LogP contribution >= 0.6 is 37.6 Å². The fourth-order valence-corrected chi connectivity index (χ4v) is 4.71. The Labute approximate surface area is 119 Å². The van der Waals surface area contributed by atoms with Gasteiger partial charge in [0, 0.05) is 24.6 Å². The molecule has 2 aromatic carbocycles. The first-order valence-electron chi connectivity index (χ1n) is 5.29. The van der Waals surface area contributed by atoms with Crippen LogP contribution in [0.15, 0.2) is 70.5 Å². The first-order valence-corrected chi connectivity index (χ1v) is 9.92. The zero-order valence-electron chi connectivity index (χ0n) is 9.48. The Balaban J connectivity index is 1.87. The average molecular weight is 304 g/mol. The highest BCUT2D eigenvalue weighted by Gasteiger charge is 1.86. The molecule has 0 amide bonds. The molecule has 18 heavy (non-hydrogen) atoms. The van der Waals surface area contributed by atoms with Crippen molar-refractivity contribution in [3.8, 4) is 0 Å². The molecule has 0 aliphatic carbocycles. The highest BCUT2D eigenvalue weighted by molar-refractivity contribution is 8.49. The molecular weight excluding hydrogens is 294 g/mol. The lowest BCUT2D eigenvalue weighted by molar-refractivity contribution is 1.48. The van der Waals surface area contributed by atoms with E-state index in [2.05, 4.69) is 59.4 Å². The van der Waals surface area contributed by atoms with Gasteiger partial charge in [0.25, 0.3) is 0 Å². The largest absolute Gasteiger partial charge is 0.0622 e. The van der Waals surface area contributed by atoms with Crippen LogP contribution in [0.1, 0.15) is 0 Å². The van der Waals surface area contributed by atoms with Gasteiger partial charge in [-0.05, 0) is 35.2 Å². The van der Waals surface area contributed by atoms with E-state index in [-0.39, 0.29) is 0 Å². The zero-order valence-corrected chi connectivity index (χ0v) is 12.9. The Morgan fingerprint density at radius 2 is 1.00 bits per heavy atom. The molecule has 0 aliphatic heterocycles. The van der Waals surface area contributed by atoms with Crippen LogP contribution in [0.5, 0.6) is 0 Å². The van der Waals surface area contributed by atoms with Crippen LogP contribution in [-0.4, -0.2) is 10.9 Å². The van der Waals surface area contributed by atoms with Crippen molar-refractivity contribution in [2.24, 2.45) is 0 Å². The fraction of sp³-hybridized carbons (Fsp3) is 0. The van der Waals surface area contributed by atoms with E-state index >= 15 is 0 Å². The van der Waals surface area contributed by atoms with Gasteiger partial charge in [-0.1, -0.05) is 59.2 Å². The van der Waals surface area contributed by atoms with Crippen molar-refractivity contribution in [3.05, 3.63) is 60.7 Å². The van der Waals surface area contributed by atoms with Crippen molar-refractivity contribution in [1.29, 1.82) is 0 Å². The highest BCUT2D eigenvalue weighted by Crippen LogP contribution is 2.29. The van der Waals surface area contributed by atoms with E-state index in [1.807, 2.05) is 12.1 Å². The number of hydrogen-bond donors (Lipinski definition) is 0. The molecule has 0 fully saturated rings. The molecule has 0 radical (unpaired) electrons. The van der Waals surface area contributed by atoms with Gasteiger partial charge in [-0.2, -0.15) is 0 Å². The van der Waals surface area contributed by atoms with Gasteiger partial charge in [0.1, 0.15) is 0 Å². The summed E-state index contributed by atoms with van der Waals surface area (Å²) in [6.07, 6.45) is 0. The Bertz CT molecular complexity index is 516. The van der Waals surface area contributed by atoms with Crippen LogP contribution < -0.4 is 0 Å². The first-order chi connectivity index (χ1) is 8.95. The molecular formula is C14H10P2S2. The number of hydrogen-bond acceptors (Lipinski definition) is 2. The van der Waals surface area contributed by atoms with Crippen LogP contribution in [0.4, 0.5) is 0 Å². The van der Waals surface area contributed by atoms with E-state index in [9.17, 15) is 0 Å². The molecule has 88 valence electrons. The summed E-state index contributed by atoms with van der Waals surface area (Å²) in [6.45, 7) is 0. The minimum Gasteiger partial charge on any atom is -0.0622 e. The van der Waals surface area contributed by atoms with Crippen LogP contribution in [0, 0.1) is 0 Å². The molecule has 0 nitrogen and oxygen atoms in total. The second-order valence-electron chi connectivity index (χ2n) is 3.21. The second-order valence-corrected chi connectivity index (χ2v) is 7.53. The quantitative estimate of drug-likeness (QED) is 0.669. The Morgan fingerprint density at radius 3 is 1.39 bits per heavy atom. The molecule has 4 heteroatoms. The van der Waals surface area contributed by atoms with Crippen molar-refractivity contribution in [1.82, 2.24) is 0 Å². The van der Waals surface area contributed by atoms with E-state index in [4.69, 9.17) is 0 Å². The third kappa shape index (κ3) is 5.30. The predicted molar refractivity (Wildman–Crippen MR) is 88.5 cm³/mol. The normalized spacial score (nSPS) is 10.0. The van der Waals surface area contributed by atoms with Gasteiger partial charge in [-0.25, -0.2) is 0 Å². The summed E-state index contributed by atoms with van der Waals surface area (Å²) in [4.78, 5) is 2.53. The van der Waals surface area contributed by atoms with E-state index in [1.54, 1.807) is 22.8 Å². The number of benzene rings is 2. The van der Waals surface area contributed by atoms with Crippen LogP contribution in [0.2, 0.25) is 0 Å². The van der Waals surface area contributed by atoms with E-state index in [1.165, 1.54) is 9.79 Å². The molecule has 0 aliphatic rings. The minimum absolute atomic E-state index is 1.09. The van der Waals surface area contributed by atoms with Crippen molar-refractivity contribution < 1.29 is 0 Å². The summed E-state index contributed by atoms with van der Waals surface area (Å²) in [5, 5.41) is 0. The van der Waals surface area contributed by atoms with E-state index < -0.39 is 0 Å². The summed E-state index contributed by atoms with van der Waals surface area (Å²) in [5.41, 5.74) is 6.31. The van der Waals surface area contributed by atoms with Crippen LogP contribution in [0.25, 0.3) is 0 Å². The Hall–Kier alpha value is -0.700. The fourth-order valence-electron chi connectivity index (χ4n) is 1.15. The Morgan fingerprint density at radius 1 is 0.611 bits per heavy atom. The Kier molecular flexibility index (Phi) is 6.41. The van der Waals surface area contributed by atoms with Gasteiger partial charge in [0.2, 0.25) is 0 Å². The molecule has 2 aromatic rings. The maximum Gasteiger partial charge on any atom is 0.0321 e. The van der Waals surface area contributed by atoms with E-state index in [0.29, 0.717) is 0 Å². The van der Waals surface area contributed by atoms with Gasteiger partial charge in [-0.3, -0.25) is 0 Å². The highest BCUT2D eigenvalue weighted by atomic mass is 32.7. The molecule has 0 atom stereocenters. The third-order valence-electron chi connectivity index (χ3n) is 1.93. The standard InChI is InChI=1S/C14H10P2S2/c1-3-7-13(8-4-1)17-15-11-12-16-18-14-9-5-2-6-10-14/h1-10H. The molecule has 0 heterocycles. The summed E-state index contributed by atoms with van der Waals surface area (Å²) in [7, 11) is 2.19. The predicted octanol–water partition coefficient (Wildman–Crippen LogP) is 5.65. The maximum atomic E-state index is 3.16. The lowest BCUT2D eigenvalue weighted by Gasteiger charge is -1.90. The van der Waals surface area contributed by atoms with Gasteiger partial charge < -0.3 is 0 Å². The van der Waals surface area contributed by atoms with Gasteiger partial charge in [0.15, 0.2) is 0 Å². The molecule has 0 saturated carbocycles. The van der Waals surface area contributed by atoms with Crippen molar-refractivity contribution in [2.45, 2.75) is 9.79 Å². The minimum atomic E-state index is 1.09. The molecule has 0 saturated heterocycles. The molecule has 0 aromatic heterocycles. The second kappa shape index (κ2) is 8.41. The summed E-state index contributed by atoms with van der Waals surface area (Å²) in [5.74, 6) is 0. The number of rotatable bonds is 4. The van der Waals surface area contributed by atoms with Crippen LogP contribution in [0.3, 0.4) is 0 Å². The van der Waals surface area contributed by atoms with Gasteiger partial charge in [-0.15, -0.1) is 0 Å². The maximum absolute atomic E-state index is 3.16. The van der Waals surface area contributed by atoms with Crippen molar-refractivity contribution >= 4 is 48.5 Å². The zero-order chi connectivity index (χ0) is 12.5. The SMILES string of the molecule is C(=C=PSc1ccccc1)=PSc1ccccc1. The monoisotopic (exact) mass is 304 g/mol. The lowest BCUT2D eigenvalue weighted by atomic mass is 10.4. The van der Waals surface area contributed by atoms with Crippen molar-refractivity contribution in [2.75, 3.05) is 0 Å².